The van der Waals surface area contributed by atoms with Gasteiger partial charge >= 0.3 is 0 Å². The fourth-order valence-corrected chi connectivity index (χ4v) is 2.22. The van der Waals surface area contributed by atoms with Gasteiger partial charge in [0.15, 0.2) is 10.9 Å². The summed E-state index contributed by atoms with van der Waals surface area (Å²) in [6.07, 6.45) is 8.51. The van der Waals surface area contributed by atoms with Crippen LogP contribution in [-0.4, -0.2) is 38.8 Å². The monoisotopic (exact) mass is 265 g/mol. The number of H-pyrrole nitrogens is 1. The van der Waals surface area contributed by atoms with Gasteiger partial charge in [-0.05, 0) is 32.0 Å². The topological polar surface area (TPSA) is 56.3 Å². The number of thiocarbonyl (C=S) groups is 1. The summed E-state index contributed by atoms with van der Waals surface area (Å²) in [6, 6.07) is 0. The lowest BCUT2D eigenvalue weighted by Crippen LogP contribution is -2.38. The van der Waals surface area contributed by atoms with Crippen molar-refractivity contribution in [2.75, 3.05) is 13.1 Å². The molecule has 0 amide bonds. The minimum Gasteiger partial charge on any atom is -0.348 e. The van der Waals surface area contributed by atoms with Crippen LogP contribution in [0.25, 0.3) is 0 Å². The molecule has 6 heteroatoms. The van der Waals surface area contributed by atoms with Crippen LogP contribution in [0.15, 0.2) is 17.5 Å². The van der Waals surface area contributed by atoms with E-state index in [1.54, 1.807) is 12.4 Å². The van der Waals surface area contributed by atoms with Crippen molar-refractivity contribution in [3.63, 3.8) is 0 Å². The van der Waals surface area contributed by atoms with E-state index in [4.69, 9.17) is 12.2 Å². The second-order valence-electron chi connectivity index (χ2n) is 4.45. The maximum absolute atomic E-state index is 5.36. The van der Waals surface area contributed by atoms with E-state index in [9.17, 15) is 0 Å². The van der Waals surface area contributed by atoms with Crippen molar-refractivity contribution in [3.05, 3.63) is 18.2 Å². The molecule has 0 spiro atoms. The van der Waals surface area contributed by atoms with Gasteiger partial charge < -0.3 is 9.88 Å². The van der Waals surface area contributed by atoms with Crippen LogP contribution >= 0.6 is 12.2 Å². The third-order valence-corrected chi connectivity index (χ3v) is 3.40. The van der Waals surface area contributed by atoms with Crippen molar-refractivity contribution in [1.29, 1.82) is 0 Å². The Balaban J connectivity index is 1.89. The smallest absolute Gasteiger partial charge is 0.189 e. The van der Waals surface area contributed by atoms with Gasteiger partial charge in [0.2, 0.25) is 0 Å². The highest BCUT2D eigenvalue weighted by molar-refractivity contribution is 7.80. The fraction of sp³-hybridized carbons (Fsp3) is 0.583. The summed E-state index contributed by atoms with van der Waals surface area (Å²) in [6.45, 7) is 3.96. The van der Waals surface area contributed by atoms with E-state index >= 15 is 0 Å². The van der Waals surface area contributed by atoms with E-state index in [0.29, 0.717) is 5.11 Å². The average molecular weight is 265 g/mol. The molecule has 1 aliphatic heterocycles. The van der Waals surface area contributed by atoms with Crippen LogP contribution in [0.2, 0.25) is 0 Å². The highest BCUT2D eigenvalue weighted by Gasteiger charge is 2.11. The minimum absolute atomic E-state index is 0.711. The molecule has 2 N–H and O–H groups in total. The molecular formula is C12H19N5S. The van der Waals surface area contributed by atoms with Gasteiger partial charge in [-0.2, -0.15) is 5.10 Å². The number of hydrazone groups is 1. The quantitative estimate of drug-likeness (QED) is 0.487. The molecule has 0 saturated carbocycles. The highest BCUT2D eigenvalue weighted by atomic mass is 32.1. The molecule has 0 unspecified atom stereocenters. The van der Waals surface area contributed by atoms with Crippen LogP contribution in [0.4, 0.5) is 0 Å². The lowest BCUT2D eigenvalue weighted by atomic mass is 10.2. The molecule has 0 aromatic carbocycles. The number of likely N-dealkylation sites (tertiary alicyclic amines) is 1. The van der Waals surface area contributed by atoms with Crippen LogP contribution in [0, 0.1) is 0 Å². The molecule has 2 heterocycles. The zero-order valence-electron chi connectivity index (χ0n) is 10.6. The molecule has 5 nitrogen and oxygen atoms in total. The Morgan fingerprint density at radius 2 is 2.11 bits per heavy atom. The molecule has 0 bridgehead atoms. The summed E-state index contributed by atoms with van der Waals surface area (Å²) in [5, 5.41) is 4.97. The largest absolute Gasteiger partial charge is 0.348 e. The number of aromatic amines is 1. The Morgan fingerprint density at radius 3 is 2.72 bits per heavy atom. The van der Waals surface area contributed by atoms with Crippen molar-refractivity contribution >= 4 is 23.0 Å². The molecule has 0 aliphatic carbocycles. The lowest BCUT2D eigenvalue weighted by molar-refractivity contribution is 0.428. The van der Waals surface area contributed by atoms with Crippen LogP contribution < -0.4 is 5.43 Å². The maximum atomic E-state index is 5.36. The number of nitrogens with zero attached hydrogens (tertiary/aromatic N) is 3. The van der Waals surface area contributed by atoms with Gasteiger partial charge in [0.05, 0.1) is 0 Å². The zero-order chi connectivity index (χ0) is 12.8. The predicted molar refractivity (Wildman–Crippen MR) is 76.6 cm³/mol. The first-order chi connectivity index (χ1) is 8.77. The van der Waals surface area contributed by atoms with E-state index in [1.165, 1.54) is 25.7 Å². The van der Waals surface area contributed by atoms with Crippen molar-refractivity contribution in [3.8, 4) is 0 Å². The number of hydrogen-bond acceptors (Lipinski definition) is 3. The van der Waals surface area contributed by atoms with Crippen molar-refractivity contribution in [1.82, 2.24) is 20.3 Å². The Bertz CT molecular complexity index is 404. The normalized spacial score (nSPS) is 17.4. The molecule has 1 saturated heterocycles. The lowest BCUT2D eigenvalue weighted by Gasteiger charge is -2.22. The van der Waals surface area contributed by atoms with Crippen molar-refractivity contribution < 1.29 is 0 Å². The number of nitrogens with one attached hydrogen (secondary N) is 2. The van der Waals surface area contributed by atoms with Crippen molar-refractivity contribution in [2.45, 2.75) is 32.6 Å². The summed E-state index contributed by atoms with van der Waals surface area (Å²) in [4.78, 5) is 9.35. The van der Waals surface area contributed by atoms with E-state index in [-0.39, 0.29) is 0 Å². The second kappa shape index (κ2) is 6.49. The first-order valence-electron chi connectivity index (χ1n) is 6.36. The fourth-order valence-electron chi connectivity index (χ4n) is 1.99. The Morgan fingerprint density at radius 1 is 1.39 bits per heavy atom. The number of imidazole rings is 1. The molecule has 0 radical (unpaired) electrons. The SMILES string of the molecule is C/C(=N\NC(=S)N1CCCCCC1)c1ncc[nH]1. The molecule has 98 valence electrons. The van der Waals surface area contributed by atoms with E-state index in [1.807, 2.05) is 6.92 Å². The number of hydrogen-bond donors (Lipinski definition) is 2. The van der Waals surface area contributed by atoms with Gasteiger partial charge in [0.25, 0.3) is 0 Å². The van der Waals surface area contributed by atoms with E-state index in [2.05, 4.69) is 25.4 Å². The van der Waals surface area contributed by atoms with Crippen LogP contribution in [-0.2, 0) is 0 Å². The van der Waals surface area contributed by atoms with Gasteiger partial charge in [-0.1, -0.05) is 12.8 Å². The first kappa shape index (κ1) is 13.0. The first-order valence-corrected chi connectivity index (χ1v) is 6.77. The third-order valence-electron chi connectivity index (χ3n) is 3.05. The number of rotatable bonds is 2. The molecule has 18 heavy (non-hydrogen) atoms. The van der Waals surface area contributed by atoms with E-state index in [0.717, 1.165) is 24.6 Å². The molecule has 1 aromatic heterocycles. The summed E-state index contributed by atoms with van der Waals surface area (Å²) in [5.74, 6) is 0.765. The minimum atomic E-state index is 0.711. The Kier molecular flexibility index (Phi) is 4.69. The van der Waals surface area contributed by atoms with Crippen LogP contribution in [0.5, 0.6) is 0 Å². The zero-order valence-corrected chi connectivity index (χ0v) is 11.5. The summed E-state index contributed by atoms with van der Waals surface area (Å²) < 4.78 is 0. The summed E-state index contributed by atoms with van der Waals surface area (Å²) in [5.41, 5.74) is 3.76. The van der Waals surface area contributed by atoms with Gasteiger partial charge in [-0.3, -0.25) is 5.43 Å². The second-order valence-corrected chi connectivity index (χ2v) is 4.84. The van der Waals surface area contributed by atoms with Crippen molar-refractivity contribution in [2.24, 2.45) is 5.10 Å². The van der Waals surface area contributed by atoms with Gasteiger partial charge in [0.1, 0.15) is 5.71 Å². The summed E-state index contributed by atoms with van der Waals surface area (Å²) in [7, 11) is 0. The molecule has 1 fully saturated rings. The Hall–Kier alpha value is -1.43. The predicted octanol–water partition coefficient (Wildman–Crippen LogP) is 1.88. The number of aromatic nitrogens is 2. The molecule has 0 atom stereocenters. The molecule has 1 aromatic rings. The van der Waals surface area contributed by atoms with Crippen LogP contribution in [0.1, 0.15) is 38.4 Å². The van der Waals surface area contributed by atoms with Gasteiger partial charge in [-0.15, -0.1) is 0 Å². The van der Waals surface area contributed by atoms with Crippen LogP contribution in [0.3, 0.4) is 0 Å². The highest BCUT2D eigenvalue weighted by Crippen LogP contribution is 2.09. The average Bonchev–Trinajstić information content (AvgIpc) is 2.78. The molecular weight excluding hydrogens is 246 g/mol. The van der Waals surface area contributed by atoms with Gasteiger partial charge in [-0.25, -0.2) is 4.98 Å². The summed E-state index contributed by atoms with van der Waals surface area (Å²) >= 11 is 5.36. The Labute approximate surface area is 113 Å². The molecule has 2 rings (SSSR count). The van der Waals surface area contributed by atoms with Gasteiger partial charge in [0, 0.05) is 25.5 Å². The maximum Gasteiger partial charge on any atom is 0.189 e. The van der Waals surface area contributed by atoms with E-state index < -0.39 is 0 Å². The third kappa shape index (κ3) is 3.53. The molecule has 1 aliphatic rings. The standard InChI is InChI=1S/C12H19N5S/c1-10(11-13-6-7-14-11)15-16-12(18)17-8-4-2-3-5-9-17/h6-7H,2-5,8-9H2,1H3,(H,13,14)(H,16,18)/b15-10+.